The number of rotatable bonds is 5. The van der Waals surface area contributed by atoms with Gasteiger partial charge in [-0.2, -0.15) is 5.10 Å². The summed E-state index contributed by atoms with van der Waals surface area (Å²) < 4.78 is 21.2. The molecule has 138 valence electrons. The van der Waals surface area contributed by atoms with Crippen molar-refractivity contribution in [2.45, 2.75) is 20.3 Å². The van der Waals surface area contributed by atoms with Crippen LogP contribution in [0.4, 0.5) is 4.39 Å². The van der Waals surface area contributed by atoms with Crippen LogP contribution in [-0.2, 0) is 11.2 Å². The summed E-state index contributed by atoms with van der Waals surface area (Å²) >= 11 is 0. The third-order valence-corrected chi connectivity index (χ3v) is 4.85. The first-order valence-electron chi connectivity index (χ1n) is 8.58. The third-order valence-electron chi connectivity index (χ3n) is 4.85. The number of carbonyl (C=O) groups excluding carboxylic acids is 1. The highest BCUT2D eigenvalue weighted by Gasteiger charge is 2.18. The summed E-state index contributed by atoms with van der Waals surface area (Å²) in [6.45, 7) is 7.69. The van der Waals surface area contributed by atoms with Gasteiger partial charge in [-0.05, 0) is 65.9 Å². The van der Waals surface area contributed by atoms with Crippen molar-refractivity contribution in [1.82, 2.24) is 9.78 Å². The van der Waals surface area contributed by atoms with Gasteiger partial charge in [-0.3, -0.25) is 0 Å². The second-order valence-electron chi connectivity index (χ2n) is 6.35. The number of esters is 1. The summed E-state index contributed by atoms with van der Waals surface area (Å²) in [5, 5.41) is 4.12. The fourth-order valence-corrected chi connectivity index (χ4v) is 3.18. The first kappa shape index (κ1) is 18.6. The number of benzene rings is 2. The molecule has 0 saturated carbocycles. The van der Waals surface area contributed by atoms with Gasteiger partial charge < -0.3 is 4.74 Å². The van der Waals surface area contributed by atoms with Crippen molar-refractivity contribution in [1.29, 1.82) is 0 Å². The molecule has 0 aliphatic heterocycles. The lowest BCUT2D eigenvalue weighted by Gasteiger charge is -2.16. The number of ether oxygens (including phenoxy) is 1. The molecule has 4 nitrogen and oxygen atoms in total. The van der Waals surface area contributed by atoms with Gasteiger partial charge in [0.2, 0.25) is 0 Å². The highest BCUT2D eigenvalue weighted by Crippen LogP contribution is 2.27. The number of hydrogen-bond donors (Lipinski definition) is 0. The summed E-state index contributed by atoms with van der Waals surface area (Å²) in [6.07, 6.45) is 5.43. The number of carbonyl (C=O) groups is 1. The van der Waals surface area contributed by atoms with E-state index in [1.807, 2.05) is 19.9 Å². The molecule has 0 atom stereocenters. The summed E-state index contributed by atoms with van der Waals surface area (Å²) in [5.41, 5.74) is 5.23. The van der Waals surface area contributed by atoms with Crippen LogP contribution < -0.4 is 0 Å². The standard InChI is InChI=1S/C22H21FN2O2/c1-5-19-15(3)14(2)17(12-20(19)22(26)27-4)11-16-7-8-18(13-21(16)23)25-10-6-9-24-25/h5-10,12-13H,1,11H2,2-4H3. The molecular weight excluding hydrogens is 343 g/mol. The van der Waals surface area contributed by atoms with Crippen LogP contribution in [0.25, 0.3) is 11.8 Å². The van der Waals surface area contributed by atoms with E-state index >= 15 is 0 Å². The Bertz CT molecular complexity index is 1010. The molecule has 27 heavy (non-hydrogen) atoms. The van der Waals surface area contributed by atoms with Crippen LogP contribution in [0.1, 0.15) is 38.2 Å². The van der Waals surface area contributed by atoms with Crippen LogP contribution in [0.3, 0.4) is 0 Å². The van der Waals surface area contributed by atoms with Crippen molar-refractivity contribution in [2.75, 3.05) is 7.11 Å². The fraction of sp³-hybridized carbons (Fsp3) is 0.182. The lowest BCUT2D eigenvalue weighted by Crippen LogP contribution is -2.09. The lowest BCUT2D eigenvalue weighted by molar-refractivity contribution is 0.0600. The molecule has 0 unspecified atom stereocenters. The van der Waals surface area contributed by atoms with Crippen LogP contribution in [0.15, 0.2) is 49.3 Å². The molecular formula is C22H21FN2O2. The minimum absolute atomic E-state index is 0.313. The van der Waals surface area contributed by atoms with E-state index in [9.17, 15) is 9.18 Å². The van der Waals surface area contributed by atoms with Gasteiger partial charge >= 0.3 is 5.97 Å². The highest BCUT2D eigenvalue weighted by atomic mass is 19.1. The first-order valence-corrected chi connectivity index (χ1v) is 8.58. The molecule has 0 aliphatic carbocycles. The van der Waals surface area contributed by atoms with E-state index in [2.05, 4.69) is 11.7 Å². The molecule has 2 aromatic carbocycles. The Hall–Kier alpha value is -3.21. The van der Waals surface area contributed by atoms with Crippen LogP contribution >= 0.6 is 0 Å². The molecule has 0 amide bonds. The highest BCUT2D eigenvalue weighted by molar-refractivity contribution is 5.94. The van der Waals surface area contributed by atoms with Gasteiger partial charge in [-0.1, -0.05) is 18.7 Å². The predicted octanol–water partition coefficient (Wildman–Crippen LogP) is 4.65. The number of hydrogen-bond acceptors (Lipinski definition) is 3. The van der Waals surface area contributed by atoms with Crippen molar-refractivity contribution in [2.24, 2.45) is 0 Å². The van der Waals surface area contributed by atoms with Gasteiger partial charge in [0, 0.05) is 18.8 Å². The topological polar surface area (TPSA) is 44.1 Å². The quantitative estimate of drug-likeness (QED) is 0.619. The van der Waals surface area contributed by atoms with E-state index in [-0.39, 0.29) is 5.82 Å². The first-order chi connectivity index (χ1) is 13.0. The summed E-state index contributed by atoms with van der Waals surface area (Å²) in [4.78, 5) is 12.2. The molecule has 5 heteroatoms. The van der Waals surface area contributed by atoms with Crippen LogP contribution in [0.5, 0.6) is 0 Å². The molecule has 0 aliphatic rings. The maximum absolute atomic E-state index is 14.7. The monoisotopic (exact) mass is 364 g/mol. The van der Waals surface area contributed by atoms with Gasteiger partial charge in [-0.15, -0.1) is 0 Å². The molecule has 0 N–H and O–H groups in total. The zero-order chi connectivity index (χ0) is 19.6. The van der Waals surface area contributed by atoms with Crippen LogP contribution in [0.2, 0.25) is 0 Å². The van der Waals surface area contributed by atoms with E-state index in [1.54, 1.807) is 41.4 Å². The SMILES string of the molecule is C=Cc1c(C(=O)OC)cc(Cc2ccc(-n3cccn3)cc2F)c(C)c1C. The normalized spacial score (nSPS) is 10.7. The minimum Gasteiger partial charge on any atom is -0.465 e. The van der Waals surface area contributed by atoms with Gasteiger partial charge in [0.25, 0.3) is 0 Å². The third kappa shape index (κ3) is 3.53. The van der Waals surface area contributed by atoms with E-state index in [1.165, 1.54) is 13.2 Å². The zero-order valence-electron chi connectivity index (χ0n) is 15.6. The molecule has 0 saturated heterocycles. The Balaban J connectivity index is 2.01. The fourth-order valence-electron chi connectivity index (χ4n) is 3.18. The Kier molecular flexibility index (Phi) is 5.21. The lowest BCUT2D eigenvalue weighted by atomic mass is 9.90. The molecule has 1 heterocycles. The van der Waals surface area contributed by atoms with Gasteiger partial charge in [-0.25, -0.2) is 13.9 Å². The Labute approximate surface area is 157 Å². The molecule has 3 aromatic rings. The molecule has 3 rings (SSSR count). The van der Waals surface area contributed by atoms with Crippen molar-refractivity contribution in [3.05, 3.63) is 88.5 Å². The van der Waals surface area contributed by atoms with E-state index in [0.29, 0.717) is 23.2 Å². The number of nitrogens with zero attached hydrogens (tertiary/aromatic N) is 2. The summed E-state index contributed by atoms with van der Waals surface area (Å²) in [7, 11) is 1.34. The molecule has 0 radical (unpaired) electrons. The van der Waals surface area contributed by atoms with E-state index in [0.717, 1.165) is 22.3 Å². The summed E-state index contributed by atoms with van der Waals surface area (Å²) in [6, 6.07) is 8.59. The summed E-state index contributed by atoms with van der Waals surface area (Å²) in [5.74, 6) is -0.740. The maximum atomic E-state index is 14.7. The maximum Gasteiger partial charge on any atom is 0.338 e. The number of methoxy groups -OCH3 is 1. The van der Waals surface area contributed by atoms with E-state index in [4.69, 9.17) is 4.74 Å². The van der Waals surface area contributed by atoms with Crippen molar-refractivity contribution >= 4 is 12.0 Å². The van der Waals surface area contributed by atoms with E-state index < -0.39 is 5.97 Å². The second kappa shape index (κ2) is 7.58. The Morgan fingerprint density at radius 1 is 1.26 bits per heavy atom. The molecule has 1 aromatic heterocycles. The van der Waals surface area contributed by atoms with Gasteiger partial charge in [0.1, 0.15) is 5.82 Å². The largest absolute Gasteiger partial charge is 0.465 e. The van der Waals surface area contributed by atoms with Crippen molar-refractivity contribution < 1.29 is 13.9 Å². The van der Waals surface area contributed by atoms with Crippen LogP contribution in [0, 0.1) is 19.7 Å². The average molecular weight is 364 g/mol. The minimum atomic E-state index is -0.427. The van der Waals surface area contributed by atoms with Crippen molar-refractivity contribution in [3.63, 3.8) is 0 Å². The van der Waals surface area contributed by atoms with Crippen molar-refractivity contribution in [3.8, 4) is 5.69 Å². The Morgan fingerprint density at radius 2 is 2.04 bits per heavy atom. The predicted molar refractivity (Wildman–Crippen MR) is 104 cm³/mol. The Morgan fingerprint density at radius 3 is 2.63 bits per heavy atom. The zero-order valence-corrected chi connectivity index (χ0v) is 15.6. The molecule has 0 spiro atoms. The second-order valence-corrected chi connectivity index (χ2v) is 6.35. The number of halogens is 1. The van der Waals surface area contributed by atoms with Crippen LogP contribution in [-0.4, -0.2) is 22.9 Å². The number of aromatic nitrogens is 2. The molecule has 0 fully saturated rings. The smallest absolute Gasteiger partial charge is 0.338 e. The van der Waals surface area contributed by atoms with Gasteiger partial charge in [0.15, 0.2) is 0 Å². The van der Waals surface area contributed by atoms with Gasteiger partial charge in [0.05, 0.1) is 18.4 Å². The molecule has 0 bridgehead atoms. The average Bonchev–Trinajstić information content (AvgIpc) is 3.20.